The molecule has 6 heteroatoms. The quantitative estimate of drug-likeness (QED) is 0.606. The number of nitrogens with two attached hydrogens (primary N) is 2. The van der Waals surface area contributed by atoms with Crippen LogP contribution in [0.2, 0.25) is 0 Å². The first-order valence-electron chi connectivity index (χ1n) is 7.00. The summed E-state index contributed by atoms with van der Waals surface area (Å²) in [6.45, 7) is 3.71. The number of amides is 2. The van der Waals surface area contributed by atoms with Crippen LogP contribution in [-0.2, 0) is 9.59 Å². The van der Waals surface area contributed by atoms with Crippen molar-refractivity contribution in [1.29, 1.82) is 0 Å². The third-order valence-electron chi connectivity index (χ3n) is 4.22. The molecule has 0 radical (unpaired) electrons. The van der Waals surface area contributed by atoms with Crippen LogP contribution in [-0.4, -0.2) is 47.9 Å². The van der Waals surface area contributed by atoms with Gasteiger partial charge in [0.25, 0.3) is 0 Å². The predicted octanol–water partition coefficient (Wildman–Crippen LogP) is -0.820. The Morgan fingerprint density at radius 1 is 1.26 bits per heavy atom. The zero-order chi connectivity index (χ0) is 14.0. The maximum absolute atomic E-state index is 12.1. The van der Waals surface area contributed by atoms with Gasteiger partial charge in [-0.25, -0.2) is 0 Å². The molecule has 5 N–H and O–H groups in total. The summed E-state index contributed by atoms with van der Waals surface area (Å²) in [5.41, 5.74) is 10.5. The van der Waals surface area contributed by atoms with E-state index in [1.807, 2.05) is 11.8 Å². The van der Waals surface area contributed by atoms with Gasteiger partial charge >= 0.3 is 0 Å². The second-order valence-corrected chi connectivity index (χ2v) is 6.05. The minimum absolute atomic E-state index is 0.0386. The van der Waals surface area contributed by atoms with Crippen molar-refractivity contribution < 1.29 is 9.59 Å². The second-order valence-electron chi connectivity index (χ2n) is 6.05. The molecule has 2 fully saturated rings. The minimum Gasteiger partial charge on any atom is -0.369 e. The lowest BCUT2D eigenvalue weighted by atomic mass is 9.94. The average molecular weight is 268 g/mol. The summed E-state index contributed by atoms with van der Waals surface area (Å²) in [5, 5.41) is 3.05. The van der Waals surface area contributed by atoms with Gasteiger partial charge in [-0.3, -0.25) is 14.5 Å². The van der Waals surface area contributed by atoms with Gasteiger partial charge < -0.3 is 16.8 Å². The van der Waals surface area contributed by atoms with Crippen LogP contribution in [0.15, 0.2) is 0 Å². The Morgan fingerprint density at radius 2 is 1.84 bits per heavy atom. The summed E-state index contributed by atoms with van der Waals surface area (Å²) in [6.07, 6.45) is 3.80. The zero-order valence-corrected chi connectivity index (χ0v) is 11.5. The molecule has 1 unspecified atom stereocenters. The topological polar surface area (TPSA) is 101 Å². The van der Waals surface area contributed by atoms with Gasteiger partial charge in [0.15, 0.2) is 0 Å². The summed E-state index contributed by atoms with van der Waals surface area (Å²) in [5.74, 6) is -0.00319. The molecular weight excluding hydrogens is 244 g/mol. The van der Waals surface area contributed by atoms with Gasteiger partial charge in [-0.1, -0.05) is 0 Å². The maximum Gasteiger partial charge on any atom is 0.240 e. The van der Waals surface area contributed by atoms with Crippen LogP contribution >= 0.6 is 0 Å². The first-order chi connectivity index (χ1) is 8.89. The van der Waals surface area contributed by atoms with E-state index in [4.69, 9.17) is 11.5 Å². The van der Waals surface area contributed by atoms with Gasteiger partial charge in [-0.05, 0) is 38.5 Å². The molecule has 2 amide bonds. The monoisotopic (exact) mass is 268 g/mol. The summed E-state index contributed by atoms with van der Waals surface area (Å²) in [7, 11) is 0. The van der Waals surface area contributed by atoms with E-state index in [-0.39, 0.29) is 17.9 Å². The van der Waals surface area contributed by atoms with E-state index < -0.39 is 5.54 Å². The van der Waals surface area contributed by atoms with E-state index in [9.17, 15) is 9.59 Å². The zero-order valence-electron chi connectivity index (χ0n) is 11.5. The van der Waals surface area contributed by atoms with E-state index in [1.54, 1.807) is 0 Å². The number of piperidine rings is 1. The van der Waals surface area contributed by atoms with E-state index in [1.165, 1.54) is 0 Å². The highest BCUT2D eigenvalue weighted by molar-refractivity contribution is 5.86. The van der Waals surface area contributed by atoms with E-state index >= 15 is 0 Å². The molecule has 1 aliphatic carbocycles. The smallest absolute Gasteiger partial charge is 0.240 e. The lowest BCUT2D eigenvalue weighted by Crippen LogP contribution is -2.57. The number of carbonyl (C=O) groups is 2. The highest BCUT2D eigenvalue weighted by Crippen LogP contribution is 2.38. The van der Waals surface area contributed by atoms with Crippen molar-refractivity contribution in [3.63, 3.8) is 0 Å². The SMILES string of the molecule is CC(N)(C(=O)NC1CCN(CC(N)=O)CC1)C1CC1. The average Bonchev–Trinajstić information content (AvgIpc) is 3.15. The molecule has 0 aromatic rings. The summed E-state index contributed by atoms with van der Waals surface area (Å²) < 4.78 is 0. The van der Waals surface area contributed by atoms with E-state index in [2.05, 4.69) is 5.32 Å². The summed E-state index contributed by atoms with van der Waals surface area (Å²) in [4.78, 5) is 25.0. The lowest BCUT2D eigenvalue weighted by Gasteiger charge is -2.33. The Balaban J connectivity index is 1.76. The molecule has 2 aliphatic rings. The molecule has 6 nitrogen and oxygen atoms in total. The largest absolute Gasteiger partial charge is 0.369 e. The number of primary amides is 1. The summed E-state index contributed by atoms with van der Waals surface area (Å²) in [6, 6.07) is 0.165. The molecule has 0 spiro atoms. The third-order valence-corrected chi connectivity index (χ3v) is 4.22. The standard InChI is InChI=1S/C13H24N4O2/c1-13(15,9-2-3-9)12(19)16-10-4-6-17(7-5-10)8-11(14)18/h9-10H,2-8,15H2,1H3,(H2,14,18)(H,16,19). The Labute approximate surface area is 113 Å². The molecule has 0 aromatic heterocycles. The fourth-order valence-corrected chi connectivity index (χ4v) is 2.67. The Kier molecular flexibility index (Phi) is 4.10. The van der Waals surface area contributed by atoms with Crippen molar-refractivity contribution in [3.8, 4) is 0 Å². The van der Waals surface area contributed by atoms with Crippen LogP contribution < -0.4 is 16.8 Å². The molecule has 1 heterocycles. The number of rotatable bonds is 5. The van der Waals surface area contributed by atoms with Gasteiger partial charge in [-0.15, -0.1) is 0 Å². The van der Waals surface area contributed by atoms with Crippen molar-refractivity contribution in [2.24, 2.45) is 17.4 Å². The molecule has 0 aromatic carbocycles. The number of hydrogen-bond acceptors (Lipinski definition) is 4. The van der Waals surface area contributed by atoms with Gasteiger partial charge in [0.2, 0.25) is 11.8 Å². The first kappa shape index (κ1) is 14.3. The van der Waals surface area contributed by atoms with Gasteiger partial charge in [-0.2, -0.15) is 0 Å². The van der Waals surface area contributed by atoms with Crippen molar-refractivity contribution in [1.82, 2.24) is 10.2 Å². The molecule has 0 bridgehead atoms. The molecule has 1 saturated heterocycles. The first-order valence-corrected chi connectivity index (χ1v) is 7.00. The molecule has 1 atom stereocenters. The number of likely N-dealkylation sites (tertiary alicyclic amines) is 1. The van der Waals surface area contributed by atoms with Gasteiger partial charge in [0.1, 0.15) is 0 Å². The molecule has 1 saturated carbocycles. The minimum atomic E-state index is -0.732. The molecule has 1 aliphatic heterocycles. The molecule has 19 heavy (non-hydrogen) atoms. The summed E-state index contributed by atoms with van der Waals surface area (Å²) >= 11 is 0. The second kappa shape index (κ2) is 5.46. The van der Waals surface area contributed by atoms with Crippen LogP contribution in [0.1, 0.15) is 32.6 Å². The fraction of sp³-hybridized carbons (Fsp3) is 0.846. The lowest BCUT2D eigenvalue weighted by molar-refractivity contribution is -0.128. The maximum atomic E-state index is 12.1. The third kappa shape index (κ3) is 3.67. The molecule has 2 rings (SSSR count). The van der Waals surface area contributed by atoms with Crippen molar-refractivity contribution >= 4 is 11.8 Å². The van der Waals surface area contributed by atoms with Crippen molar-refractivity contribution in [2.75, 3.05) is 19.6 Å². The van der Waals surface area contributed by atoms with Crippen molar-refractivity contribution in [2.45, 2.75) is 44.2 Å². The van der Waals surface area contributed by atoms with E-state index in [0.29, 0.717) is 12.5 Å². The molecule has 108 valence electrons. The van der Waals surface area contributed by atoms with Crippen LogP contribution in [0.5, 0.6) is 0 Å². The highest BCUT2D eigenvalue weighted by Gasteiger charge is 2.44. The Hall–Kier alpha value is -1.14. The van der Waals surface area contributed by atoms with E-state index in [0.717, 1.165) is 38.8 Å². The number of hydrogen-bond donors (Lipinski definition) is 3. The van der Waals surface area contributed by atoms with Crippen LogP contribution in [0.4, 0.5) is 0 Å². The van der Waals surface area contributed by atoms with Gasteiger partial charge in [0, 0.05) is 19.1 Å². The Morgan fingerprint density at radius 3 is 2.32 bits per heavy atom. The number of carbonyl (C=O) groups excluding carboxylic acids is 2. The predicted molar refractivity (Wildman–Crippen MR) is 72.1 cm³/mol. The van der Waals surface area contributed by atoms with Crippen LogP contribution in [0, 0.1) is 5.92 Å². The number of nitrogens with zero attached hydrogens (tertiary/aromatic N) is 1. The van der Waals surface area contributed by atoms with Gasteiger partial charge in [0.05, 0.1) is 12.1 Å². The van der Waals surface area contributed by atoms with Crippen molar-refractivity contribution in [3.05, 3.63) is 0 Å². The fourth-order valence-electron chi connectivity index (χ4n) is 2.67. The highest BCUT2D eigenvalue weighted by atomic mass is 16.2. The van der Waals surface area contributed by atoms with Crippen LogP contribution in [0.3, 0.4) is 0 Å². The Bertz CT molecular complexity index is 358. The van der Waals surface area contributed by atoms with Crippen LogP contribution in [0.25, 0.3) is 0 Å². The molecular formula is C13H24N4O2. The number of nitrogens with one attached hydrogen (secondary N) is 1. The normalized spacial score (nSPS) is 24.7.